The topological polar surface area (TPSA) is 291 Å². The summed E-state index contributed by atoms with van der Waals surface area (Å²) >= 11 is 0. The summed E-state index contributed by atoms with van der Waals surface area (Å²) in [6.45, 7) is 4.33. The van der Waals surface area contributed by atoms with E-state index < -0.39 is 69.3 Å². The molecule has 4 rings (SSSR count). The molecule has 0 saturated carbocycles. The van der Waals surface area contributed by atoms with Crippen LogP contribution in [-0.4, -0.2) is 64.7 Å². The van der Waals surface area contributed by atoms with Gasteiger partial charge in [-0.25, -0.2) is 9.59 Å². The summed E-state index contributed by atoms with van der Waals surface area (Å²) in [6, 6.07) is 1.93. The highest BCUT2D eigenvalue weighted by Crippen LogP contribution is 2.44. The van der Waals surface area contributed by atoms with Crippen molar-refractivity contribution in [3.05, 3.63) is 33.0 Å². The van der Waals surface area contributed by atoms with Gasteiger partial charge in [-0.15, -0.1) is 0 Å². The lowest BCUT2D eigenvalue weighted by atomic mass is 10.0. The van der Waals surface area contributed by atoms with Crippen LogP contribution in [0.4, 0.5) is 0 Å². The molecule has 2 aromatic carbocycles. The van der Waals surface area contributed by atoms with Crippen LogP contribution in [0.2, 0.25) is 0 Å². The molecule has 0 spiro atoms. The minimum Gasteiger partial charge on any atom is -0.504 e. The number of aliphatic carboxylic acids is 4. The van der Waals surface area contributed by atoms with Crippen LogP contribution < -0.4 is 11.3 Å². The number of benzene rings is 2. The fourth-order valence-electron chi connectivity index (χ4n) is 2.58. The zero-order valence-corrected chi connectivity index (χ0v) is 20.0. The average Bonchev–Trinajstić information content (AvgIpc) is 2.72. The van der Waals surface area contributed by atoms with Gasteiger partial charge in [0, 0.05) is 38.5 Å². The van der Waals surface area contributed by atoms with Gasteiger partial charge < -0.3 is 49.7 Å². The fraction of sp³-hybridized carbons (Fsp3) is 0.182. The Morgan fingerprint density at radius 2 is 0.763 bits per heavy atom. The normalized spacial score (nSPS) is 9.47. The highest BCUT2D eigenvalue weighted by molar-refractivity contribution is 6.22. The van der Waals surface area contributed by atoms with Crippen molar-refractivity contribution in [1.82, 2.24) is 0 Å². The standard InChI is InChI=1S/C14H6O8.4C2H4O2/c15-5-1-3-7-8-4(14(20)22-11(7)9(5)17)2-6(16)10(18)12(8)21-13(3)19;4*1-2(3)4/h1-2,15-18H;4*1H3,(H,3,4). The second-order valence-corrected chi connectivity index (χ2v) is 6.85. The molecule has 16 heteroatoms. The maximum absolute atomic E-state index is 12.0. The Morgan fingerprint density at radius 3 is 0.974 bits per heavy atom. The SMILES string of the molecule is CC(=O)O.CC(=O)O.CC(=O)O.CC(=O)O.O=c1oc2c(O)c(O)cc3c(=O)oc4c(O)c(O)cc1c4c23. The highest BCUT2D eigenvalue weighted by atomic mass is 16.4. The molecule has 38 heavy (non-hydrogen) atoms. The summed E-state index contributed by atoms with van der Waals surface area (Å²) in [4.78, 5) is 60.0. The van der Waals surface area contributed by atoms with Crippen molar-refractivity contribution in [1.29, 1.82) is 0 Å². The zero-order chi connectivity index (χ0) is 30.1. The van der Waals surface area contributed by atoms with Crippen molar-refractivity contribution in [2.24, 2.45) is 0 Å². The second kappa shape index (κ2) is 13.5. The lowest BCUT2D eigenvalue weighted by Gasteiger charge is -2.10. The number of phenols is 4. The predicted molar refractivity (Wildman–Crippen MR) is 127 cm³/mol. The summed E-state index contributed by atoms with van der Waals surface area (Å²) in [6.07, 6.45) is 0. The van der Waals surface area contributed by atoms with Gasteiger partial charge in [-0.1, -0.05) is 0 Å². The molecule has 8 N–H and O–H groups in total. The fourth-order valence-corrected chi connectivity index (χ4v) is 2.58. The zero-order valence-electron chi connectivity index (χ0n) is 20.0. The smallest absolute Gasteiger partial charge is 0.344 e. The molecule has 2 aromatic heterocycles. The number of hydrogen-bond acceptors (Lipinski definition) is 12. The quantitative estimate of drug-likeness (QED) is 0.0890. The summed E-state index contributed by atoms with van der Waals surface area (Å²) in [5, 5.41) is 68.3. The summed E-state index contributed by atoms with van der Waals surface area (Å²) in [5.74, 6) is -6.08. The summed E-state index contributed by atoms with van der Waals surface area (Å²) in [5.41, 5.74) is -2.70. The number of phenolic OH excluding ortho intramolecular Hbond substituents is 4. The van der Waals surface area contributed by atoms with E-state index in [-0.39, 0.29) is 21.5 Å². The molecule has 0 unspecified atom stereocenters. The van der Waals surface area contributed by atoms with Gasteiger partial charge in [0.05, 0.1) is 10.8 Å². The maximum Gasteiger partial charge on any atom is 0.344 e. The first-order valence-corrected chi connectivity index (χ1v) is 9.73. The van der Waals surface area contributed by atoms with Gasteiger partial charge in [0.15, 0.2) is 22.7 Å². The van der Waals surface area contributed by atoms with Gasteiger partial charge in [-0.2, -0.15) is 0 Å². The molecule has 16 nitrogen and oxygen atoms in total. The van der Waals surface area contributed by atoms with Crippen LogP contribution in [0.25, 0.3) is 32.7 Å². The molecule has 0 aliphatic heterocycles. The molecule has 0 fully saturated rings. The molecular weight excluding hydrogens is 520 g/mol. The van der Waals surface area contributed by atoms with Crippen molar-refractivity contribution < 1.29 is 68.9 Å². The Bertz CT molecular complexity index is 1430. The van der Waals surface area contributed by atoms with Crippen molar-refractivity contribution in [2.45, 2.75) is 27.7 Å². The lowest BCUT2D eigenvalue weighted by Crippen LogP contribution is -2.06. The Kier molecular flexibility index (Phi) is 11.6. The Balaban J connectivity index is 0.000000709. The molecule has 0 saturated heterocycles. The number of carboxylic acid groups (broad SMARTS) is 4. The molecule has 206 valence electrons. The first kappa shape index (κ1) is 32.5. The van der Waals surface area contributed by atoms with Crippen LogP contribution in [0, 0.1) is 0 Å². The van der Waals surface area contributed by atoms with Gasteiger partial charge in [0.25, 0.3) is 23.9 Å². The molecule has 2 heterocycles. The molecular formula is C22H22O16. The Morgan fingerprint density at radius 1 is 0.553 bits per heavy atom. The van der Waals surface area contributed by atoms with Crippen molar-refractivity contribution >= 4 is 56.6 Å². The summed E-state index contributed by atoms with van der Waals surface area (Å²) < 4.78 is 9.87. The average molecular weight is 542 g/mol. The Labute approximate surface area is 209 Å². The van der Waals surface area contributed by atoms with Gasteiger partial charge >= 0.3 is 11.3 Å². The molecule has 0 aliphatic rings. The highest BCUT2D eigenvalue weighted by Gasteiger charge is 2.24. The van der Waals surface area contributed by atoms with Gasteiger partial charge in [0.2, 0.25) is 11.5 Å². The first-order chi connectivity index (χ1) is 17.3. The third-order valence-electron chi connectivity index (χ3n) is 3.55. The number of aromatic hydroxyl groups is 4. The predicted octanol–water partition coefficient (Wildman–Crippen LogP) is 1.68. The van der Waals surface area contributed by atoms with Crippen LogP contribution in [0.5, 0.6) is 23.0 Å². The van der Waals surface area contributed by atoms with Gasteiger partial charge in [0.1, 0.15) is 0 Å². The van der Waals surface area contributed by atoms with Crippen LogP contribution in [0.1, 0.15) is 27.7 Å². The molecule has 0 aliphatic carbocycles. The van der Waals surface area contributed by atoms with Crippen LogP contribution in [-0.2, 0) is 19.2 Å². The van der Waals surface area contributed by atoms with Gasteiger partial charge in [-0.05, 0) is 12.1 Å². The third kappa shape index (κ3) is 8.91. The van der Waals surface area contributed by atoms with Crippen LogP contribution in [0.15, 0.2) is 30.6 Å². The Hall–Kier alpha value is -5.54. The minimum absolute atomic E-state index is 0.00597. The van der Waals surface area contributed by atoms with Crippen LogP contribution >= 0.6 is 0 Å². The monoisotopic (exact) mass is 542 g/mol. The van der Waals surface area contributed by atoms with Gasteiger partial charge in [-0.3, -0.25) is 19.2 Å². The second-order valence-electron chi connectivity index (χ2n) is 6.85. The molecule has 0 amide bonds. The van der Waals surface area contributed by atoms with E-state index in [1.165, 1.54) is 0 Å². The molecule has 0 radical (unpaired) electrons. The first-order valence-electron chi connectivity index (χ1n) is 9.73. The molecule has 0 atom stereocenters. The van der Waals surface area contributed by atoms with E-state index in [0.717, 1.165) is 39.8 Å². The van der Waals surface area contributed by atoms with Crippen molar-refractivity contribution in [3.63, 3.8) is 0 Å². The summed E-state index contributed by atoms with van der Waals surface area (Å²) in [7, 11) is 0. The minimum atomic E-state index is -0.941. The number of carboxylic acids is 4. The van der Waals surface area contributed by atoms with Crippen LogP contribution in [0.3, 0.4) is 0 Å². The van der Waals surface area contributed by atoms with Crippen molar-refractivity contribution in [2.75, 3.05) is 0 Å². The van der Waals surface area contributed by atoms with Crippen molar-refractivity contribution in [3.8, 4) is 23.0 Å². The van der Waals surface area contributed by atoms with E-state index in [4.69, 9.17) is 48.4 Å². The lowest BCUT2D eigenvalue weighted by molar-refractivity contribution is -0.135. The van der Waals surface area contributed by atoms with E-state index in [1.807, 2.05) is 0 Å². The molecule has 0 bridgehead atoms. The largest absolute Gasteiger partial charge is 0.504 e. The maximum atomic E-state index is 12.0. The number of carbonyl (C=O) groups is 4. The third-order valence-corrected chi connectivity index (χ3v) is 3.55. The van der Waals surface area contributed by atoms with E-state index in [9.17, 15) is 30.0 Å². The van der Waals surface area contributed by atoms with E-state index >= 15 is 0 Å². The molecule has 4 aromatic rings. The number of rotatable bonds is 0. The van der Waals surface area contributed by atoms with E-state index in [0.29, 0.717) is 0 Å². The number of hydrogen-bond donors (Lipinski definition) is 8. The van der Waals surface area contributed by atoms with E-state index in [2.05, 4.69) is 0 Å². The van der Waals surface area contributed by atoms with E-state index in [1.54, 1.807) is 0 Å².